The zero-order chi connectivity index (χ0) is 13.7. The molecule has 0 amide bonds. The fourth-order valence-corrected chi connectivity index (χ4v) is 2.49. The average Bonchev–Trinajstić information content (AvgIpc) is 2.47. The molecule has 0 saturated carbocycles. The van der Waals surface area contributed by atoms with Crippen molar-refractivity contribution in [3.8, 4) is 5.75 Å². The van der Waals surface area contributed by atoms with E-state index in [0.717, 1.165) is 23.1 Å². The summed E-state index contributed by atoms with van der Waals surface area (Å²) in [6, 6.07) is 16.3. The molecule has 2 nitrogen and oxygen atoms in total. The first-order valence-electron chi connectivity index (χ1n) is 6.33. The van der Waals surface area contributed by atoms with Gasteiger partial charge in [0, 0.05) is 10.5 Å². The van der Waals surface area contributed by atoms with Crippen LogP contribution in [0.5, 0.6) is 5.75 Å². The second-order valence-electron chi connectivity index (χ2n) is 4.51. The minimum atomic E-state index is 0.0688. The van der Waals surface area contributed by atoms with E-state index in [1.54, 1.807) is 7.11 Å². The number of hydrogen-bond acceptors (Lipinski definition) is 2. The molecule has 2 aromatic rings. The monoisotopic (exact) mass is 319 g/mol. The SMILES string of the molecule is COc1ccc(Br)c(CCC(N)c2ccccc2)c1. The molecule has 0 aliphatic carbocycles. The summed E-state index contributed by atoms with van der Waals surface area (Å²) in [7, 11) is 1.68. The summed E-state index contributed by atoms with van der Waals surface area (Å²) in [5, 5.41) is 0. The molecule has 1 unspecified atom stereocenters. The van der Waals surface area contributed by atoms with Crippen molar-refractivity contribution >= 4 is 15.9 Å². The molecule has 0 aliphatic heterocycles. The highest BCUT2D eigenvalue weighted by molar-refractivity contribution is 9.10. The Morgan fingerprint density at radius 1 is 1.16 bits per heavy atom. The molecule has 0 radical (unpaired) electrons. The van der Waals surface area contributed by atoms with E-state index in [0.29, 0.717) is 0 Å². The van der Waals surface area contributed by atoms with Crippen LogP contribution < -0.4 is 10.5 Å². The van der Waals surface area contributed by atoms with Gasteiger partial charge < -0.3 is 10.5 Å². The molecule has 0 heterocycles. The van der Waals surface area contributed by atoms with Crippen LogP contribution in [-0.2, 0) is 6.42 Å². The fourth-order valence-electron chi connectivity index (χ4n) is 2.05. The number of hydrogen-bond donors (Lipinski definition) is 1. The maximum Gasteiger partial charge on any atom is 0.119 e. The van der Waals surface area contributed by atoms with Gasteiger partial charge in [0.1, 0.15) is 5.75 Å². The van der Waals surface area contributed by atoms with Gasteiger partial charge in [-0.25, -0.2) is 0 Å². The van der Waals surface area contributed by atoms with Crippen LogP contribution in [0, 0.1) is 0 Å². The molecular formula is C16H18BrNO. The number of halogens is 1. The van der Waals surface area contributed by atoms with Gasteiger partial charge in [0.15, 0.2) is 0 Å². The minimum Gasteiger partial charge on any atom is -0.497 e. The molecule has 2 N–H and O–H groups in total. The van der Waals surface area contributed by atoms with Gasteiger partial charge in [-0.05, 0) is 42.2 Å². The molecule has 0 spiro atoms. The van der Waals surface area contributed by atoms with Crippen LogP contribution in [0.3, 0.4) is 0 Å². The Bertz CT molecular complexity index is 528. The van der Waals surface area contributed by atoms with Crippen molar-refractivity contribution in [2.75, 3.05) is 7.11 Å². The summed E-state index contributed by atoms with van der Waals surface area (Å²) in [6.07, 6.45) is 1.84. The van der Waals surface area contributed by atoms with E-state index in [1.165, 1.54) is 11.1 Å². The number of rotatable bonds is 5. The first-order chi connectivity index (χ1) is 9.20. The average molecular weight is 320 g/mol. The highest BCUT2D eigenvalue weighted by Crippen LogP contribution is 2.25. The summed E-state index contributed by atoms with van der Waals surface area (Å²) in [5.41, 5.74) is 8.63. The van der Waals surface area contributed by atoms with Gasteiger partial charge >= 0.3 is 0 Å². The number of benzene rings is 2. The smallest absolute Gasteiger partial charge is 0.119 e. The molecular weight excluding hydrogens is 302 g/mol. The van der Waals surface area contributed by atoms with E-state index in [2.05, 4.69) is 34.1 Å². The number of ether oxygens (including phenoxy) is 1. The molecule has 0 bridgehead atoms. The molecule has 2 aromatic carbocycles. The first kappa shape index (κ1) is 14.1. The van der Waals surface area contributed by atoms with Crippen molar-refractivity contribution < 1.29 is 4.74 Å². The number of nitrogens with two attached hydrogens (primary N) is 1. The van der Waals surface area contributed by atoms with Gasteiger partial charge in [-0.15, -0.1) is 0 Å². The van der Waals surface area contributed by atoms with Crippen LogP contribution >= 0.6 is 15.9 Å². The fraction of sp³-hybridized carbons (Fsp3) is 0.250. The highest BCUT2D eigenvalue weighted by atomic mass is 79.9. The molecule has 1 atom stereocenters. The molecule has 19 heavy (non-hydrogen) atoms. The molecule has 0 fully saturated rings. The predicted molar refractivity (Wildman–Crippen MR) is 82.4 cm³/mol. The lowest BCUT2D eigenvalue weighted by molar-refractivity contribution is 0.414. The Balaban J connectivity index is 2.02. The van der Waals surface area contributed by atoms with Crippen molar-refractivity contribution in [2.45, 2.75) is 18.9 Å². The Hall–Kier alpha value is -1.32. The van der Waals surface area contributed by atoms with E-state index in [-0.39, 0.29) is 6.04 Å². The van der Waals surface area contributed by atoms with Crippen LogP contribution in [0.15, 0.2) is 53.0 Å². The second-order valence-corrected chi connectivity index (χ2v) is 5.37. The van der Waals surface area contributed by atoms with Gasteiger partial charge in [0.25, 0.3) is 0 Å². The zero-order valence-electron chi connectivity index (χ0n) is 11.0. The summed E-state index contributed by atoms with van der Waals surface area (Å²) in [5.74, 6) is 0.881. The normalized spacial score (nSPS) is 12.2. The van der Waals surface area contributed by atoms with E-state index in [1.807, 2.05) is 30.3 Å². The van der Waals surface area contributed by atoms with Gasteiger partial charge in [-0.1, -0.05) is 46.3 Å². The van der Waals surface area contributed by atoms with Gasteiger partial charge in [-0.3, -0.25) is 0 Å². The van der Waals surface area contributed by atoms with Crippen molar-refractivity contribution in [1.82, 2.24) is 0 Å². The topological polar surface area (TPSA) is 35.2 Å². The third kappa shape index (κ3) is 3.82. The van der Waals surface area contributed by atoms with Crippen LogP contribution in [0.4, 0.5) is 0 Å². The minimum absolute atomic E-state index is 0.0688. The van der Waals surface area contributed by atoms with Crippen LogP contribution in [-0.4, -0.2) is 7.11 Å². The van der Waals surface area contributed by atoms with Gasteiger partial charge in [0.2, 0.25) is 0 Å². The Labute approximate surface area is 122 Å². The maximum atomic E-state index is 6.22. The van der Waals surface area contributed by atoms with Crippen LogP contribution in [0.25, 0.3) is 0 Å². The van der Waals surface area contributed by atoms with E-state index < -0.39 is 0 Å². The first-order valence-corrected chi connectivity index (χ1v) is 7.13. The largest absolute Gasteiger partial charge is 0.497 e. The Kier molecular flexibility index (Phi) is 5.00. The molecule has 0 aliphatic rings. The Morgan fingerprint density at radius 3 is 2.58 bits per heavy atom. The summed E-state index contributed by atoms with van der Waals surface area (Å²) >= 11 is 3.57. The van der Waals surface area contributed by atoms with Gasteiger partial charge in [0.05, 0.1) is 7.11 Å². The third-order valence-electron chi connectivity index (χ3n) is 3.21. The summed E-state index contributed by atoms with van der Waals surface area (Å²) in [6.45, 7) is 0. The maximum absolute atomic E-state index is 6.22. The molecule has 3 heteroatoms. The quantitative estimate of drug-likeness (QED) is 0.900. The van der Waals surface area contributed by atoms with E-state index >= 15 is 0 Å². The molecule has 100 valence electrons. The highest BCUT2D eigenvalue weighted by Gasteiger charge is 2.08. The van der Waals surface area contributed by atoms with Crippen molar-refractivity contribution in [3.05, 3.63) is 64.1 Å². The van der Waals surface area contributed by atoms with Crippen molar-refractivity contribution in [2.24, 2.45) is 5.73 Å². The molecule has 0 aromatic heterocycles. The lowest BCUT2D eigenvalue weighted by Gasteiger charge is -2.13. The second kappa shape index (κ2) is 6.73. The zero-order valence-corrected chi connectivity index (χ0v) is 12.6. The van der Waals surface area contributed by atoms with Gasteiger partial charge in [-0.2, -0.15) is 0 Å². The lowest BCUT2D eigenvalue weighted by atomic mass is 10.00. The Morgan fingerprint density at radius 2 is 1.89 bits per heavy atom. The van der Waals surface area contributed by atoms with Crippen molar-refractivity contribution in [3.63, 3.8) is 0 Å². The lowest BCUT2D eigenvalue weighted by Crippen LogP contribution is -2.11. The van der Waals surface area contributed by atoms with Crippen molar-refractivity contribution in [1.29, 1.82) is 0 Å². The molecule has 2 rings (SSSR count). The number of methoxy groups -OCH3 is 1. The predicted octanol–water partition coefficient (Wildman–Crippen LogP) is 4.09. The number of aryl methyl sites for hydroxylation is 1. The standard InChI is InChI=1S/C16H18BrNO/c1-19-14-8-9-15(17)13(11-14)7-10-16(18)12-5-3-2-4-6-12/h2-6,8-9,11,16H,7,10,18H2,1H3. The van der Waals surface area contributed by atoms with E-state index in [9.17, 15) is 0 Å². The summed E-state index contributed by atoms with van der Waals surface area (Å²) < 4.78 is 6.35. The van der Waals surface area contributed by atoms with Crippen LogP contribution in [0.2, 0.25) is 0 Å². The summed E-state index contributed by atoms with van der Waals surface area (Å²) in [4.78, 5) is 0. The van der Waals surface area contributed by atoms with Crippen LogP contribution in [0.1, 0.15) is 23.6 Å². The van der Waals surface area contributed by atoms with E-state index in [4.69, 9.17) is 10.5 Å². The molecule has 0 saturated heterocycles. The third-order valence-corrected chi connectivity index (χ3v) is 3.98.